The van der Waals surface area contributed by atoms with E-state index in [-0.39, 0.29) is 94.1 Å². The number of azo groups is 2. The van der Waals surface area contributed by atoms with E-state index >= 15 is 0 Å². The minimum absolute atomic E-state index is 0. The van der Waals surface area contributed by atoms with Crippen LogP contribution in [0.3, 0.4) is 0 Å². The number of benzene rings is 6. The Morgan fingerprint density at radius 1 is 0.544 bits per heavy atom. The summed E-state index contributed by atoms with van der Waals surface area (Å²) in [5.41, 5.74) is 0.571. The van der Waals surface area contributed by atoms with Crippen LogP contribution in [0.5, 0.6) is 11.5 Å². The van der Waals surface area contributed by atoms with Gasteiger partial charge in [0.05, 0.1) is 19.6 Å². The fourth-order valence-electron chi connectivity index (χ4n) is 5.52. The zero-order valence-corrected chi connectivity index (χ0v) is 33.7. The summed E-state index contributed by atoms with van der Waals surface area (Å²) >= 11 is 0. The van der Waals surface area contributed by atoms with E-state index in [0.717, 1.165) is 24.3 Å². The summed E-state index contributed by atoms with van der Waals surface area (Å²) in [7, 11) is -9.43. The molecule has 6 aromatic carbocycles. The monoisotopic (exact) mass is 840 g/mol. The van der Waals surface area contributed by atoms with Crippen LogP contribution in [-0.2, 0) is 33.1 Å². The number of nitro benzene ring substituents is 2. The van der Waals surface area contributed by atoms with Gasteiger partial charge in [-0.2, -0.15) is 0 Å². The van der Waals surface area contributed by atoms with Gasteiger partial charge in [0.1, 0.15) is 43.1 Å². The van der Waals surface area contributed by atoms with Crippen molar-refractivity contribution in [1.29, 1.82) is 0 Å². The predicted octanol–water partition coefficient (Wildman–Crippen LogP) is 8.29. The molecular formula is C36H28CaN6O12S2. The Balaban J connectivity index is 0.000000248. The van der Waals surface area contributed by atoms with Gasteiger partial charge in [-0.1, -0.05) is 62.4 Å². The largest absolute Gasteiger partial charge is 2.00 e. The van der Waals surface area contributed by atoms with E-state index in [9.17, 15) is 56.4 Å². The third-order valence-corrected chi connectivity index (χ3v) is 9.98. The number of aromatic hydroxyl groups is 2. The SMILES string of the molecule is CCc1cccc([N+](=O)[O-])c1N=Nc1c(O)ccc2ccc(S(=O)(=O)[O-])cc12.CCc1cccc([N+](=O)[O-])c1N=Nc1c(O)ccc2ccc(S(=O)(=O)[O-])cc12.[Ca+2]. The molecule has 0 bridgehead atoms. The van der Waals surface area contributed by atoms with Crippen LogP contribution in [0.15, 0.2) is 127 Å². The Labute approximate surface area is 354 Å². The number of phenols is 2. The van der Waals surface area contributed by atoms with E-state index in [2.05, 4.69) is 20.5 Å². The molecule has 2 N–H and O–H groups in total. The van der Waals surface area contributed by atoms with Crippen molar-refractivity contribution in [2.24, 2.45) is 20.5 Å². The van der Waals surface area contributed by atoms with E-state index in [1.165, 1.54) is 60.7 Å². The molecule has 0 amide bonds. The van der Waals surface area contributed by atoms with Crippen LogP contribution in [0.4, 0.5) is 34.1 Å². The van der Waals surface area contributed by atoms with Crippen LogP contribution in [0, 0.1) is 20.2 Å². The second-order valence-electron chi connectivity index (χ2n) is 11.7. The minimum Gasteiger partial charge on any atom is -0.744 e. The number of nitro groups is 2. The maximum absolute atomic E-state index is 11.3. The van der Waals surface area contributed by atoms with Gasteiger partial charge >= 0.3 is 37.7 Å². The standard InChI is InChI=1S/2C18H15N3O6S.Ca/c2*1-2-11-4-3-5-15(21(23)24)17(11)19-20-18-14-10-13(28(25,26)27)8-6-12(14)7-9-16(18)22;/h2*3-10,22H,2H2,1H3,(H,25,26,27);/q;;+2/p-2. The van der Waals surface area contributed by atoms with Gasteiger partial charge in [0, 0.05) is 22.9 Å². The van der Waals surface area contributed by atoms with Crippen LogP contribution in [0.25, 0.3) is 21.5 Å². The Bertz CT molecular complexity index is 2640. The molecule has 0 atom stereocenters. The van der Waals surface area contributed by atoms with Crippen molar-refractivity contribution in [3.8, 4) is 11.5 Å². The summed E-state index contributed by atoms with van der Waals surface area (Å²) in [5.74, 6) is -0.623. The van der Waals surface area contributed by atoms with Crippen molar-refractivity contribution in [2.75, 3.05) is 0 Å². The zero-order chi connectivity index (χ0) is 40.9. The van der Waals surface area contributed by atoms with Crippen LogP contribution < -0.4 is 0 Å². The molecule has 0 spiro atoms. The van der Waals surface area contributed by atoms with Crippen molar-refractivity contribution in [2.45, 2.75) is 36.5 Å². The normalized spacial score (nSPS) is 11.7. The number of aryl methyl sites for hydroxylation is 2. The van der Waals surface area contributed by atoms with Gasteiger partial charge in [-0.15, -0.1) is 20.5 Å². The number of hydrogen-bond acceptors (Lipinski definition) is 16. The number of rotatable bonds is 10. The molecule has 0 aliphatic rings. The molecule has 0 saturated carbocycles. The summed E-state index contributed by atoms with van der Waals surface area (Å²) in [4.78, 5) is 20.4. The molecule has 0 saturated heterocycles. The maximum atomic E-state index is 11.3. The molecule has 18 nitrogen and oxygen atoms in total. The number of hydrogen-bond donors (Lipinski definition) is 2. The van der Waals surface area contributed by atoms with E-state index < -0.39 is 39.9 Å². The van der Waals surface area contributed by atoms with E-state index in [1.807, 2.05) is 0 Å². The first-order valence-corrected chi connectivity index (χ1v) is 19.1. The molecule has 6 rings (SSSR count). The van der Waals surface area contributed by atoms with Gasteiger partial charge in [0.2, 0.25) is 0 Å². The summed E-state index contributed by atoms with van der Waals surface area (Å²) in [5, 5.41) is 60.1. The summed E-state index contributed by atoms with van der Waals surface area (Å²) in [6.45, 7) is 3.61. The summed E-state index contributed by atoms with van der Waals surface area (Å²) in [6.07, 6.45) is 0.937. The number of fused-ring (bicyclic) bond motifs is 2. The zero-order valence-electron chi connectivity index (χ0n) is 29.8. The quantitative estimate of drug-likeness (QED) is 0.0433. The molecule has 0 unspecified atom stereocenters. The Morgan fingerprint density at radius 2 is 0.877 bits per heavy atom. The van der Waals surface area contributed by atoms with Crippen molar-refractivity contribution >= 4 is 114 Å². The average molecular weight is 841 g/mol. The van der Waals surface area contributed by atoms with Gasteiger partial charge in [-0.3, -0.25) is 20.2 Å². The fraction of sp³-hybridized carbons (Fsp3) is 0.111. The van der Waals surface area contributed by atoms with Crippen LogP contribution in [0.1, 0.15) is 25.0 Å². The first kappa shape index (κ1) is 44.2. The number of nitrogens with zero attached hydrogens (tertiary/aromatic N) is 6. The summed E-state index contributed by atoms with van der Waals surface area (Å²) < 4.78 is 67.8. The smallest absolute Gasteiger partial charge is 0.744 e. The fourth-order valence-corrected chi connectivity index (χ4v) is 6.51. The molecule has 6 aromatic rings. The molecule has 0 aromatic heterocycles. The van der Waals surface area contributed by atoms with Gasteiger partial charge < -0.3 is 19.3 Å². The molecule has 57 heavy (non-hydrogen) atoms. The second kappa shape index (κ2) is 18.2. The first-order valence-electron chi connectivity index (χ1n) is 16.2. The van der Waals surface area contributed by atoms with E-state index in [0.29, 0.717) is 34.7 Å². The molecular weight excluding hydrogens is 813 g/mol. The van der Waals surface area contributed by atoms with E-state index in [1.54, 1.807) is 26.0 Å². The van der Waals surface area contributed by atoms with Gasteiger partial charge in [-0.25, -0.2) is 16.8 Å². The molecule has 288 valence electrons. The van der Waals surface area contributed by atoms with Crippen molar-refractivity contribution < 1.29 is 46.0 Å². The number of phenolic OH excluding ortho intramolecular Hbond substituents is 2. The molecule has 21 heteroatoms. The molecule has 0 heterocycles. The maximum Gasteiger partial charge on any atom is 2.00 e. The molecule has 0 radical (unpaired) electrons. The van der Waals surface area contributed by atoms with Gasteiger partial charge in [0.25, 0.3) is 11.4 Å². The van der Waals surface area contributed by atoms with E-state index in [4.69, 9.17) is 0 Å². The average Bonchev–Trinajstić information content (AvgIpc) is 3.15. The third kappa shape index (κ3) is 10.1. The van der Waals surface area contributed by atoms with Crippen molar-refractivity contribution in [3.63, 3.8) is 0 Å². The minimum atomic E-state index is -4.71. The first-order chi connectivity index (χ1) is 26.4. The Hall–Kier alpha value is -5.48. The Kier molecular flexibility index (Phi) is 14.1. The molecule has 0 fully saturated rings. The summed E-state index contributed by atoms with van der Waals surface area (Å²) in [6, 6.07) is 22.0. The van der Waals surface area contributed by atoms with Gasteiger partial charge in [0.15, 0.2) is 11.4 Å². The van der Waals surface area contributed by atoms with Crippen molar-refractivity contribution in [1.82, 2.24) is 0 Å². The van der Waals surface area contributed by atoms with Crippen molar-refractivity contribution in [3.05, 3.63) is 128 Å². The second-order valence-corrected chi connectivity index (χ2v) is 14.5. The van der Waals surface area contributed by atoms with Gasteiger partial charge in [-0.05, 0) is 71.1 Å². The van der Waals surface area contributed by atoms with Crippen LogP contribution in [0.2, 0.25) is 0 Å². The topological polar surface area (TPSA) is 291 Å². The van der Waals surface area contributed by atoms with Crippen LogP contribution >= 0.6 is 0 Å². The molecule has 0 aliphatic carbocycles. The Morgan fingerprint density at radius 3 is 1.19 bits per heavy atom. The predicted molar refractivity (Wildman–Crippen MR) is 206 cm³/mol. The molecule has 0 aliphatic heterocycles. The third-order valence-electron chi connectivity index (χ3n) is 8.32. The van der Waals surface area contributed by atoms with Crippen LogP contribution in [-0.4, -0.2) is 83.7 Å².